The van der Waals surface area contributed by atoms with Gasteiger partial charge >= 0.3 is 5.97 Å². The summed E-state index contributed by atoms with van der Waals surface area (Å²) in [7, 11) is 1.44. The molecule has 1 unspecified atom stereocenters. The maximum absolute atomic E-state index is 11.7. The van der Waals surface area contributed by atoms with Crippen molar-refractivity contribution in [1.82, 2.24) is 14.8 Å². The molecule has 0 N–H and O–H groups in total. The van der Waals surface area contributed by atoms with Gasteiger partial charge in [0.25, 0.3) is 0 Å². The lowest BCUT2D eigenvalue weighted by atomic mass is 10.1. The largest absolute Gasteiger partial charge is 0.469 e. The lowest BCUT2D eigenvalue weighted by Gasteiger charge is -2.15. The van der Waals surface area contributed by atoms with E-state index in [1.165, 1.54) is 7.11 Å². The van der Waals surface area contributed by atoms with Gasteiger partial charge in [0, 0.05) is 25.3 Å². The minimum absolute atomic E-state index is 0.0762. The van der Waals surface area contributed by atoms with Gasteiger partial charge in [-0.25, -0.2) is 4.98 Å². The van der Waals surface area contributed by atoms with Crippen molar-refractivity contribution in [3.05, 3.63) is 16.9 Å². The van der Waals surface area contributed by atoms with Crippen molar-refractivity contribution >= 4 is 38.6 Å². The Morgan fingerprint density at radius 1 is 1.50 bits per heavy atom. The third-order valence-corrected chi connectivity index (χ3v) is 4.48. The van der Waals surface area contributed by atoms with E-state index in [4.69, 9.17) is 9.84 Å². The van der Waals surface area contributed by atoms with Gasteiger partial charge in [-0.15, -0.1) is 0 Å². The first-order chi connectivity index (χ1) is 10.5. The van der Waals surface area contributed by atoms with Crippen molar-refractivity contribution in [3.8, 4) is 0 Å². The second kappa shape index (κ2) is 5.87. The molecule has 7 heteroatoms. The van der Waals surface area contributed by atoms with E-state index in [1.54, 1.807) is 0 Å². The lowest BCUT2D eigenvalue weighted by molar-refractivity contribution is -0.144. The van der Waals surface area contributed by atoms with E-state index in [0.29, 0.717) is 6.54 Å². The van der Waals surface area contributed by atoms with Crippen molar-refractivity contribution < 1.29 is 9.53 Å². The first kappa shape index (κ1) is 15.3. The molecule has 2 aromatic rings. The first-order valence-corrected chi connectivity index (χ1v) is 8.17. The number of aromatic nitrogens is 3. The summed E-state index contributed by atoms with van der Waals surface area (Å²) in [6.45, 7) is 5.66. The fourth-order valence-corrected chi connectivity index (χ4v) is 3.25. The SMILES string of the molecule is COC(=O)C1CCN(c2nn(C(C)C)c3cc(Br)ncc23)C1. The summed E-state index contributed by atoms with van der Waals surface area (Å²) in [5, 5.41) is 5.78. The Labute approximate surface area is 137 Å². The zero-order chi connectivity index (χ0) is 15.9. The Kier molecular flexibility index (Phi) is 4.08. The number of nitrogens with zero attached hydrogens (tertiary/aromatic N) is 4. The molecule has 0 saturated carbocycles. The van der Waals surface area contributed by atoms with Gasteiger partial charge in [-0.05, 0) is 42.3 Å². The van der Waals surface area contributed by atoms with Gasteiger partial charge in [0.15, 0.2) is 5.82 Å². The first-order valence-electron chi connectivity index (χ1n) is 7.37. The van der Waals surface area contributed by atoms with Gasteiger partial charge in [-0.2, -0.15) is 5.10 Å². The fourth-order valence-electron chi connectivity index (χ4n) is 2.93. The standard InChI is InChI=1S/C15H19BrN4O2/c1-9(2)20-12-6-13(16)17-7-11(12)14(18-20)19-5-4-10(8-19)15(21)22-3/h6-7,9-10H,4-5,8H2,1-3H3. The second-order valence-electron chi connectivity index (χ2n) is 5.84. The van der Waals surface area contributed by atoms with Crippen LogP contribution in [-0.2, 0) is 9.53 Å². The van der Waals surface area contributed by atoms with Crippen molar-refractivity contribution in [3.63, 3.8) is 0 Å². The van der Waals surface area contributed by atoms with E-state index < -0.39 is 0 Å². The summed E-state index contributed by atoms with van der Waals surface area (Å²) in [4.78, 5) is 18.2. The molecule has 3 rings (SSSR count). The van der Waals surface area contributed by atoms with Crippen LogP contribution >= 0.6 is 15.9 Å². The maximum atomic E-state index is 11.7. The van der Waals surface area contributed by atoms with Gasteiger partial charge in [0.1, 0.15) is 4.60 Å². The van der Waals surface area contributed by atoms with Crippen LogP contribution in [0.25, 0.3) is 10.9 Å². The third-order valence-electron chi connectivity index (χ3n) is 4.05. The number of halogens is 1. The summed E-state index contributed by atoms with van der Waals surface area (Å²) in [6, 6.07) is 2.24. The number of esters is 1. The Bertz CT molecular complexity index is 713. The van der Waals surface area contributed by atoms with Gasteiger partial charge in [0.05, 0.1) is 23.9 Å². The van der Waals surface area contributed by atoms with Crippen LogP contribution in [0.2, 0.25) is 0 Å². The molecular formula is C15H19BrN4O2. The third kappa shape index (κ3) is 2.58. The van der Waals surface area contributed by atoms with Crippen molar-refractivity contribution in [1.29, 1.82) is 0 Å². The quantitative estimate of drug-likeness (QED) is 0.617. The molecule has 0 radical (unpaired) electrons. The van der Waals surface area contributed by atoms with E-state index >= 15 is 0 Å². The Hall–Kier alpha value is -1.63. The smallest absolute Gasteiger partial charge is 0.310 e. The summed E-state index contributed by atoms with van der Waals surface area (Å²) < 4.78 is 7.65. The molecule has 1 atom stereocenters. The van der Waals surface area contributed by atoms with Crippen LogP contribution in [0.4, 0.5) is 5.82 Å². The molecule has 6 nitrogen and oxygen atoms in total. The molecule has 0 aromatic carbocycles. The van der Waals surface area contributed by atoms with Crippen LogP contribution < -0.4 is 4.90 Å². The predicted octanol–water partition coefficient (Wildman–Crippen LogP) is 2.77. The van der Waals surface area contributed by atoms with Crippen LogP contribution in [-0.4, -0.2) is 40.9 Å². The maximum Gasteiger partial charge on any atom is 0.310 e. The van der Waals surface area contributed by atoms with Gasteiger partial charge in [-0.1, -0.05) is 0 Å². The van der Waals surface area contributed by atoms with E-state index in [1.807, 2.05) is 16.9 Å². The van der Waals surface area contributed by atoms with Crippen molar-refractivity contribution in [2.45, 2.75) is 26.3 Å². The topological polar surface area (TPSA) is 60.2 Å². The molecule has 0 spiro atoms. The molecule has 3 heterocycles. The Balaban J connectivity index is 2.00. The molecule has 1 saturated heterocycles. The minimum atomic E-state index is -0.143. The molecule has 2 aromatic heterocycles. The van der Waals surface area contributed by atoms with E-state index in [-0.39, 0.29) is 17.9 Å². The number of carbonyl (C=O) groups excluding carboxylic acids is 1. The molecule has 1 fully saturated rings. The van der Waals surface area contributed by atoms with E-state index in [9.17, 15) is 4.79 Å². The molecular weight excluding hydrogens is 348 g/mol. The van der Waals surface area contributed by atoms with Crippen LogP contribution in [0.15, 0.2) is 16.9 Å². The van der Waals surface area contributed by atoms with Crippen LogP contribution in [0, 0.1) is 5.92 Å². The predicted molar refractivity (Wildman–Crippen MR) is 87.9 cm³/mol. The highest BCUT2D eigenvalue weighted by Crippen LogP contribution is 2.32. The zero-order valence-electron chi connectivity index (χ0n) is 12.9. The Morgan fingerprint density at radius 3 is 2.95 bits per heavy atom. The number of anilines is 1. The number of hydrogen-bond donors (Lipinski definition) is 0. The molecule has 1 aliphatic rings. The average Bonchev–Trinajstić information content (AvgIpc) is 3.10. The number of ether oxygens (including phenoxy) is 1. The monoisotopic (exact) mass is 366 g/mol. The molecule has 1 aliphatic heterocycles. The Morgan fingerprint density at radius 2 is 2.27 bits per heavy atom. The van der Waals surface area contributed by atoms with E-state index in [2.05, 4.69) is 39.7 Å². The van der Waals surface area contributed by atoms with Crippen molar-refractivity contribution in [2.24, 2.45) is 5.92 Å². The lowest BCUT2D eigenvalue weighted by Crippen LogP contribution is -2.24. The molecule has 22 heavy (non-hydrogen) atoms. The van der Waals surface area contributed by atoms with Crippen LogP contribution in [0.5, 0.6) is 0 Å². The molecule has 118 valence electrons. The summed E-state index contributed by atoms with van der Waals surface area (Å²) in [5.74, 6) is 0.679. The molecule has 0 aliphatic carbocycles. The van der Waals surface area contributed by atoms with E-state index in [0.717, 1.165) is 34.3 Å². The van der Waals surface area contributed by atoms with Crippen LogP contribution in [0.3, 0.4) is 0 Å². The van der Waals surface area contributed by atoms with Gasteiger partial charge in [-0.3, -0.25) is 9.48 Å². The minimum Gasteiger partial charge on any atom is -0.469 e. The highest BCUT2D eigenvalue weighted by molar-refractivity contribution is 9.10. The normalized spacial score (nSPS) is 18.4. The number of rotatable bonds is 3. The van der Waals surface area contributed by atoms with Gasteiger partial charge < -0.3 is 9.64 Å². The summed E-state index contributed by atoms with van der Waals surface area (Å²) in [5.41, 5.74) is 1.05. The highest BCUT2D eigenvalue weighted by Gasteiger charge is 2.31. The second-order valence-corrected chi connectivity index (χ2v) is 6.65. The summed E-state index contributed by atoms with van der Waals surface area (Å²) in [6.07, 6.45) is 2.64. The number of methoxy groups -OCH3 is 1. The highest BCUT2D eigenvalue weighted by atomic mass is 79.9. The molecule has 0 bridgehead atoms. The van der Waals surface area contributed by atoms with Crippen LogP contribution in [0.1, 0.15) is 26.3 Å². The number of pyridine rings is 1. The van der Waals surface area contributed by atoms with Gasteiger partial charge in [0.2, 0.25) is 0 Å². The number of hydrogen-bond acceptors (Lipinski definition) is 5. The zero-order valence-corrected chi connectivity index (χ0v) is 14.5. The fraction of sp³-hybridized carbons (Fsp3) is 0.533. The average molecular weight is 367 g/mol. The number of fused-ring (bicyclic) bond motifs is 1. The van der Waals surface area contributed by atoms with Crippen molar-refractivity contribution in [2.75, 3.05) is 25.1 Å². The number of carbonyl (C=O) groups is 1. The summed E-state index contributed by atoms with van der Waals surface area (Å²) >= 11 is 3.42. The molecule has 0 amide bonds.